The first-order valence-electron chi connectivity index (χ1n) is 13.3. The molecule has 1 saturated heterocycles. The van der Waals surface area contributed by atoms with E-state index in [4.69, 9.17) is 41.2 Å². The topological polar surface area (TPSA) is 153 Å². The zero-order valence-corrected chi connectivity index (χ0v) is 24.9. The number of likely N-dealkylation sites (N-methyl/N-ethyl adjacent to an activating group) is 1. The lowest BCUT2D eigenvalue weighted by Crippen LogP contribution is -2.49. The molecule has 2 aromatic rings. The largest absolute Gasteiger partial charge is 0.512 e. The number of aliphatic hydroxyl groups is 2. The van der Waals surface area contributed by atoms with E-state index in [-0.39, 0.29) is 30.5 Å². The summed E-state index contributed by atoms with van der Waals surface area (Å²) in [7, 11) is 3.29. The van der Waals surface area contributed by atoms with E-state index in [1.54, 1.807) is 44.2 Å². The smallest absolute Gasteiger partial charge is 0.409 e. The van der Waals surface area contributed by atoms with E-state index < -0.39 is 12.2 Å². The lowest BCUT2D eigenvalue weighted by atomic mass is 10.0. The number of allylic oxidation sites excluding steroid dienone is 2. The minimum atomic E-state index is -0.695. The Kier molecular flexibility index (Phi) is 11.7. The van der Waals surface area contributed by atoms with Crippen molar-refractivity contribution in [3.63, 3.8) is 0 Å². The average Bonchev–Trinajstić information content (AvgIpc) is 2.93. The molecule has 0 saturated carbocycles. The Morgan fingerprint density at radius 1 is 1.20 bits per heavy atom. The molecule has 224 valence electrons. The van der Waals surface area contributed by atoms with Crippen molar-refractivity contribution < 1.29 is 29.2 Å². The van der Waals surface area contributed by atoms with E-state index >= 15 is 0 Å². The molecule has 1 aliphatic rings. The molecule has 4 N–H and O–H groups in total. The molecule has 0 bridgehead atoms. The van der Waals surface area contributed by atoms with Crippen molar-refractivity contribution in [2.24, 2.45) is 0 Å². The number of hydrogen-bond acceptors (Lipinski definition) is 11. The Labute approximate surface area is 245 Å². The third-order valence-electron chi connectivity index (χ3n) is 6.50. The van der Waals surface area contributed by atoms with E-state index in [0.29, 0.717) is 78.3 Å². The summed E-state index contributed by atoms with van der Waals surface area (Å²) < 4.78 is 16.0. The molecular weight excluding hydrogens is 552 g/mol. The van der Waals surface area contributed by atoms with Gasteiger partial charge in [-0.25, -0.2) is 14.8 Å². The van der Waals surface area contributed by atoms with Gasteiger partial charge in [-0.05, 0) is 46.0 Å². The average molecular weight is 591 g/mol. The number of ether oxygens (including phenoxy) is 3. The number of hydrogen-bond donors (Lipinski definition) is 4. The second kappa shape index (κ2) is 15.0. The summed E-state index contributed by atoms with van der Waals surface area (Å²) in [6.45, 7) is 7.72. The summed E-state index contributed by atoms with van der Waals surface area (Å²) in [6, 6.07) is 5.07. The van der Waals surface area contributed by atoms with Gasteiger partial charge < -0.3 is 44.9 Å². The minimum absolute atomic E-state index is 0.0403. The molecule has 1 aromatic heterocycles. The van der Waals surface area contributed by atoms with Gasteiger partial charge >= 0.3 is 6.09 Å². The maximum absolute atomic E-state index is 12.4. The van der Waals surface area contributed by atoms with Gasteiger partial charge in [-0.15, -0.1) is 0 Å². The van der Waals surface area contributed by atoms with Crippen LogP contribution in [-0.2, 0) is 9.47 Å². The van der Waals surface area contributed by atoms with Crippen molar-refractivity contribution in [2.45, 2.75) is 26.9 Å². The van der Waals surface area contributed by atoms with Gasteiger partial charge in [0.2, 0.25) is 0 Å². The number of aliphatic hydroxyl groups excluding tert-OH is 2. The van der Waals surface area contributed by atoms with Gasteiger partial charge in [0.05, 0.1) is 22.9 Å². The monoisotopic (exact) mass is 590 g/mol. The Hall–Kier alpha value is -3.45. The zero-order valence-electron chi connectivity index (χ0n) is 24.2. The molecule has 12 nitrogen and oxygen atoms in total. The van der Waals surface area contributed by atoms with Crippen LogP contribution in [0.5, 0.6) is 5.75 Å². The van der Waals surface area contributed by atoms with Gasteiger partial charge in [0.15, 0.2) is 5.82 Å². The first-order chi connectivity index (χ1) is 19.6. The highest BCUT2D eigenvalue weighted by Gasteiger charge is 2.27. The molecule has 2 heterocycles. The number of anilines is 1. The highest BCUT2D eigenvalue weighted by Crippen LogP contribution is 2.35. The number of amides is 1. The van der Waals surface area contributed by atoms with Crippen molar-refractivity contribution in [3.8, 4) is 17.1 Å². The van der Waals surface area contributed by atoms with Gasteiger partial charge in [0.1, 0.15) is 36.6 Å². The zero-order chi connectivity index (χ0) is 30.1. The molecular formula is C28H39ClN6O6. The van der Waals surface area contributed by atoms with Gasteiger partial charge in [0, 0.05) is 56.7 Å². The van der Waals surface area contributed by atoms with Crippen LogP contribution in [0.4, 0.5) is 10.6 Å². The molecule has 0 spiro atoms. The Bertz CT molecular complexity index is 1260. The molecule has 1 amide bonds. The molecule has 0 unspecified atom stereocenters. The van der Waals surface area contributed by atoms with Crippen molar-refractivity contribution >= 4 is 34.8 Å². The van der Waals surface area contributed by atoms with Crippen LogP contribution in [-0.4, -0.2) is 110 Å². The summed E-state index contributed by atoms with van der Waals surface area (Å²) in [4.78, 5) is 25.7. The fraction of sp³-hybridized carbons (Fsp3) is 0.500. The Morgan fingerprint density at radius 3 is 2.51 bits per heavy atom. The van der Waals surface area contributed by atoms with Crippen molar-refractivity contribution in [1.29, 1.82) is 5.41 Å². The van der Waals surface area contributed by atoms with E-state index in [2.05, 4.69) is 5.32 Å². The number of carbonyl (C=O) groups excluding carboxylic acids is 1. The normalized spacial score (nSPS) is 14.9. The second-order valence-electron chi connectivity index (χ2n) is 9.68. The predicted octanol–water partition coefficient (Wildman–Crippen LogP) is 3.30. The fourth-order valence-corrected chi connectivity index (χ4v) is 4.66. The number of halogens is 1. The Morgan fingerprint density at radius 2 is 1.90 bits per heavy atom. The molecule has 13 heteroatoms. The van der Waals surface area contributed by atoms with Crippen LogP contribution in [0.1, 0.15) is 25.1 Å². The van der Waals surface area contributed by atoms with Crippen molar-refractivity contribution in [2.75, 3.05) is 71.6 Å². The summed E-state index contributed by atoms with van der Waals surface area (Å²) in [5, 5.41) is 32.1. The summed E-state index contributed by atoms with van der Waals surface area (Å²) in [6.07, 6.45) is -1.09. The molecule has 0 radical (unpaired) electrons. The van der Waals surface area contributed by atoms with Gasteiger partial charge in [-0.1, -0.05) is 11.6 Å². The highest BCUT2D eigenvalue weighted by molar-refractivity contribution is 6.33. The van der Waals surface area contributed by atoms with E-state index in [9.17, 15) is 15.0 Å². The third-order valence-corrected chi connectivity index (χ3v) is 6.83. The van der Waals surface area contributed by atoms with Crippen LogP contribution in [0.15, 0.2) is 24.0 Å². The quantitative estimate of drug-likeness (QED) is 0.164. The van der Waals surface area contributed by atoms with Crippen LogP contribution < -0.4 is 15.0 Å². The van der Waals surface area contributed by atoms with E-state index in [1.165, 1.54) is 6.92 Å². The standard InChI is InChI=1S/C28H39ClN6O6/c1-17-25(24(18(2)30)19(3)36)32-26(22-14-21(6-7-23(22)29)41-16-20(37)15-31-4)33-27(17)34-8-10-35(11-9-34)28(38)40-13-12-39-5/h6-7,14,20,30-31,36-37H,8-13,15-16H2,1-5H3/b24-19+,30-18?/t20-/m1/s1. The van der Waals surface area contributed by atoms with Crippen LogP contribution in [0.3, 0.4) is 0 Å². The number of benzene rings is 1. The summed E-state index contributed by atoms with van der Waals surface area (Å²) >= 11 is 6.61. The van der Waals surface area contributed by atoms with Crippen LogP contribution in [0.2, 0.25) is 5.02 Å². The summed E-state index contributed by atoms with van der Waals surface area (Å²) in [5.74, 6) is 1.32. The molecule has 1 aliphatic heterocycles. The third kappa shape index (κ3) is 8.29. The molecule has 1 aromatic carbocycles. The predicted molar refractivity (Wildman–Crippen MR) is 158 cm³/mol. The highest BCUT2D eigenvalue weighted by atomic mass is 35.5. The summed E-state index contributed by atoms with van der Waals surface area (Å²) in [5.41, 5.74) is 2.03. The molecule has 3 rings (SSSR count). The van der Waals surface area contributed by atoms with E-state index in [0.717, 1.165) is 0 Å². The number of methoxy groups -OCH3 is 1. The molecule has 1 atom stereocenters. The second-order valence-corrected chi connectivity index (χ2v) is 10.1. The number of carbonyl (C=O) groups is 1. The lowest BCUT2D eigenvalue weighted by Gasteiger charge is -2.35. The van der Waals surface area contributed by atoms with Crippen LogP contribution in [0.25, 0.3) is 17.0 Å². The minimum Gasteiger partial charge on any atom is -0.512 e. The number of nitrogens with zero attached hydrogens (tertiary/aromatic N) is 4. The number of piperazine rings is 1. The number of rotatable bonds is 12. The van der Waals surface area contributed by atoms with Crippen LogP contribution in [0, 0.1) is 12.3 Å². The maximum Gasteiger partial charge on any atom is 0.409 e. The van der Waals surface area contributed by atoms with Gasteiger partial charge in [-0.2, -0.15) is 0 Å². The van der Waals surface area contributed by atoms with Crippen molar-refractivity contribution in [3.05, 3.63) is 40.2 Å². The van der Waals surface area contributed by atoms with E-state index in [1.807, 2.05) is 11.8 Å². The molecule has 41 heavy (non-hydrogen) atoms. The first kappa shape index (κ1) is 32.1. The fourth-order valence-electron chi connectivity index (χ4n) is 4.45. The van der Waals surface area contributed by atoms with Crippen molar-refractivity contribution in [1.82, 2.24) is 20.2 Å². The maximum atomic E-state index is 12.4. The number of nitrogens with one attached hydrogen (secondary N) is 2. The lowest BCUT2D eigenvalue weighted by molar-refractivity contribution is 0.0705. The number of aromatic nitrogens is 2. The molecule has 0 aliphatic carbocycles. The van der Waals surface area contributed by atoms with Crippen LogP contribution >= 0.6 is 11.6 Å². The van der Waals surface area contributed by atoms with Gasteiger partial charge in [-0.3, -0.25) is 0 Å². The first-order valence-corrected chi connectivity index (χ1v) is 13.7. The SMILES string of the molecule is CNC[C@@H](O)COc1ccc(Cl)c(-c2nc(/C(C(C)=N)=C(\C)O)c(C)c(N3CCN(C(=O)OCCOC)CC3)n2)c1. The Balaban J connectivity index is 2.00. The molecule has 1 fully saturated rings. The van der Waals surface area contributed by atoms with Gasteiger partial charge in [0.25, 0.3) is 0 Å².